The van der Waals surface area contributed by atoms with Gasteiger partial charge in [-0.25, -0.2) is 4.68 Å². The fourth-order valence-corrected chi connectivity index (χ4v) is 1.94. The van der Waals surface area contributed by atoms with Gasteiger partial charge in [-0.1, -0.05) is 5.21 Å². The molecule has 1 saturated heterocycles. The molecule has 1 aromatic rings. The Kier molecular flexibility index (Phi) is 4.66. The third kappa shape index (κ3) is 3.78. The Labute approximate surface area is 106 Å². The van der Waals surface area contributed by atoms with Crippen molar-refractivity contribution in [2.45, 2.75) is 25.9 Å². The summed E-state index contributed by atoms with van der Waals surface area (Å²) in [6.07, 6.45) is 3.87. The van der Waals surface area contributed by atoms with E-state index in [1.807, 2.05) is 0 Å². The molecule has 0 saturated carbocycles. The van der Waals surface area contributed by atoms with E-state index in [2.05, 4.69) is 15.6 Å². The maximum atomic E-state index is 11.7. The van der Waals surface area contributed by atoms with Crippen molar-refractivity contribution in [3.8, 4) is 0 Å². The Morgan fingerprint density at radius 1 is 1.67 bits per heavy atom. The fourth-order valence-electron chi connectivity index (χ4n) is 1.94. The molecule has 7 heteroatoms. The molecule has 18 heavy (non-hydrogen) atoms. The zero-order chi connectivity index (χ0) is 12.8. The number of hydrogen-bond donors (Lipinski definition) is 2. The van der Waals surface area contributed by atoms with E-state index in [0.29, 0.717) is 24.7 Å². The molecule has 0 spiro atoms. The van der Waals surface area contributed by atoms with Gasteiger partial charge >= 0.3 is 0 Å². The van der Waals surface area contributed by atoms with Crippen LogP contribution in [0.5, 0.6) is 0 Å². The average molecular weight is 253 g/mol. The van der Waals surface area contributed by atoms with Crippen LogP contribution in [0.2, 0.25) is 0 Å². The van der Waals surface area contributed by atoms with Crippen LogP contribution in [-0.2, 0) is 22.6 Å². The maximum Gasteiger partial charge on any atom is 0.241 e. The topological polar surface area (TPSA) is 95.1 Å². The first kappa shape index (κ1) is 13.0. The first-order chi connectivity index (χ1) is 8.78. The Bertz CT molecular complexity index is 387. The van der Waals surface area contributed by atoms with Crippen LogP contribution in [0.15, 0.2) is 6.20 Å². The minimum absolute atomic E-state index is 0.0611. The van der Waals surface area contributed by atoms with Crippen LogP contribution in [0.25, 0.3) is 0 Å². The molecule has 100 valence electrons. The molecular weight excluding hydrogens is 234 g/mol. The minimum Gasteiger partial charge on any atom is -0.381 e. The summed E-state index contributed by atoms with van der Waals surface area (Å²) in [7, 11) is 0. The van der Waals surface area contributed by atoms with Crippen molar-refractivity contribution in [2.75, 3.05) is 19.8 Å². The second kappa shape index (κ2) is 6.46. The van der Waals surface area contributed by atoms with Gasteiger partial charge in [-0.3, -0.25) is 4.79 Å². The van der Waals surface area contributed by atoms with Gasteiger partial charge in [-0.2, -0.15) is 0 Å². The molecule has 1 unspecified atom stereocenters. The highest BCUT2D eigenvalue weighted by Crippen LogP contribution is 2.11. The molecule has 3 N–H and O–H groups in total. The third-order valence-electron chi connectivity index (χ3n) is 2.94. The van der Waals surface area contributed by atoms with Gasteiger partial charge in [0.15, 0.2) is 0 Å². The summed E-state index contributed by atoms with van der Waals surface area (Å²) in [5.74, 6) is 0.368. The smallest absolute Gasteiger partial charge is 0.241 e. The van der Waals surface area contributed by atoms with Gasteiger partial charge in [0, 0.05) is 19.7 Å². The number of hydrogen-bond acceptors (Lipinski definition) is 5. The summed E-state index contributed by atoms with van der Waals surface area (Å²) < 4.78 is 6.85. The summed E-state index contributed by atoms with van der Waals surface area (Å²) in [5.41, 5.74) is 6.10. The Morgan fingerprint density at radius 3 is 3.22 bits per heavy atom. The van der Waals surface area contributed by atoms with Crippen molar-refractivity contribution in [2.24, 2.45) is 11.7 Å². The summed E-state index contributed by atoms with van der Waals surface area (Å²) in [6, 6.07) is 0. The molecule has 2 heterocycles. The minimum atomic E-state index is -0.0611. The lowest BCUT2D eigenvalue weighted by atomic mass is 10.0. The van der Waals surface area contributed by atoms with E-state index in [1.54, 1.807) is 6.20 Å². The number of rotatable bonds is 5. The number of carbonyl (C=O) groups is 1. The highest BCUT2D eigenvalue weighted by Gasteiger charge is 2.15. The van der Waals surface area contributed by atoms with E-state index in [-0.39, 0.29) is 12.5 Å². The molecule has 1 atom stereocenters. The Balaban J connectivity index is 1.71. The monoisotopic (exact) mass is 253 g/mol. The molecule has 1 aliphatic heterocycles. The fraction of sp³-hybridized carbons (Fsp3) is 0.727. The van der Waals surface area contributed by atoms with Crippen LogP contribution in [0.4, 0.5) is 0 Å². The second-order valence-electron chi connectivity index (χ2n) is 4.50. The quantitative estimate of drug-likeness (QED) is 0.722. The van der Waals surface area contributed by atoms with Crippen molar-refractivity contribution < 1.29 is 9.53 Å². The first-order valence-electron chi connectivity index (χ1n) is 6.21. The van der Waals surface area contributed by atoms with Gasteiger partial charge in [-0.05, 0) is 18.8 Å². The zero-order valence-electron chi connectivity index (χ0n) is 10.3. The number of nitrogens with two attached hydrogens (primary N) is 1. The second-order valence-corrected chi connectivity index (χ2v) is 4.50. The zero-order valence-corrected chi connectivity index (χ0v) is 10.3. The van der Waals surface area contributed by atoms with Crippen LogP contribution in [0, 0.1) is 5.92 Å². The van der Waals surface area contributed by atoms with Gasteiger partial charge in [-0.15, -0.1) is 5.10 Å². The van der Waals surface area contributed by atoms with Crippen LogP contribution in [-0.4, -0.2) is 40.7 Å². The van der Waals surface area contributed by atoms with Crippen LogP contribution >= 0.6 is 0 Å². The van der Waals surface area contributed by atoms with Crippen molar-refractivity contribution in [3.05, 3.63) is 11.9 Å². The van der Waals surface area contributed by atoms with E-state index in [9.17, 15) is 4.79 Å². The summed E-state index contributed by atoms with van der Waals surface area (Å²) >= 11 is 0. The number of nitrogens with zero attached hydrogens (tertiary/aromatic N) is 3. The lowest BCUT2D eigenvalue weighted by molar-refractivity contribution is -0.122. The Morgan fingerprint density at radius 2 is 2.56 bits per heavy atom. The van der Waals surface area contributed by atoms with E-state index in [4.69, 9.17) is 10.5 Å². The molecule has 1 fully saturated rings. The highest BCUT2D eigenvalue weighted by atomic mass is 16.5. The van der Waals surface area contributed by atoms with E-state index >= 15 is 0 Å². The number of amides is 1. The molecule has 1 aliphatic rings. The molecule has 1 amide bonds. The van der Waals surface area contributed by atoms with E-state index in [0.717, 1.165) is 26.1 Å². The van der Waals surface area contributed by atoms with Crippen molar-refractivity contribution >= 4 is 5.91 Å². The molecular formula is C11H19N5O2. The van der Waals surface area contributed by atoms with Crippen LogP contribution in [0.1, 0.15) is 18.5 Å². The number of aromatic nitrogens is 3. The van der Waals surface area contributed by atoms with Crippen molar-refractivity contribution in [1.29, 1.82) is 0 Å². The lowest BCUT2D eigenvalue weighted by Crippen LogP contribution is -2.35. The SMILES string of the molecule is NCc1cn(CC(=O)NCC2CCCOC2)nn1. The maximum absolute atomic E-state index is 11.7. The molecule has 0 bridgehead atoms. The Hall–Kier alpha value is -1.47. The lowest BCUT2D eigenvalue weighted by Gasteiger charge is -2.22. The van der Waals surface area contributed by atoms with Gasteiger partial charge < -0.3 is 15.8 Å². The number of carbonyl (C=O) groups excluding carboxylic acids is 1. The summed E-state index contributed by atoms with van der Waals surface area (Å²) in [6.45, 7) is 2.76. The largest absolute Gasteiger partial charge is 0.381 e. The summed E-state index contributed by atoms with van der Waals surface area (Å²) in [4.78, 5) is 11.7. The van der Waals surface area contributed by atoms with Crippen LogP contribution < -0.4 is 11.1 Å². The molecule has 1 aromatic heterocycles. The van der Waals surface area contributed by atoms with Crippen molar-refractivity contribution in [3.63, 3.8) is 0 Å². The molecule has 7 nitrogen and oxygen atoms in total. The standard InChI is InChI=1S/C11H19N5O2/c12-4-10-6-16(15-14-10)7-11(17)13-5-9-2-1-3-18-8-9/h6,9H,1-5,7-8,12H2,(H,13,17). The third-order valence-corrected chi connectivity index (χ3v) is 2.94. The molecule has 0 aromatic carbocycles. The number of ether oxygens (including phenoxy) is 1. The average Bonchev–Trinajstić information content (AvgIpc) is 2.85. The number of nitrogens with one attached hydrogen (secondary N) is 1. The van der Waals surface area contributed by atoms with E-state index in [1.165, 1.54) is 4.68 Å². The molecule has 0 aliphatic carbocycles. The van der Waals surface area contributed by atoms with Gasteiger partial charge in [0.25, 0.3) is 0 Å². The predicted octanol–water partition coefficient (Wildman–Crippen LogP) is -0.720. The summed E-state index contributed by atoms with van der Waals surface area (Å²) in [5, 5.41) is 10.5. The molecule has 2 rings (SSSR count). The van der Waals surface area contributed by atoms with Gasteiger partial charge in [0.05, 0.1) is 18.5 Å². The molecule has 0 radical (unpaired) electrons. The highest BCUT2D eigenvalue weighted by molar-refractivity contribution is 5.75. The predicted molar refractivity (Wildman–Crippen MR) is 64.5 cm³/mol. The van der Waals surface area contributed by atoms with Crippen LogP contribution in [0.3, 0.4) is 0 Å². The van der Waals surface area contributed by atoms with Crippen molar-refractivity contribution in [1.82, 2.24) is 20.3 Å². The van der Waals surface area contributed by atoms with Gasteiger partial charge in [0.1, 0.15) is 6.54 Å². The van der Waals surface area contributed by atoms with E-state index < -0.39 is 0 Å². The van der Waals surface area contributed by atoms with Gasteiger partial charge in [0.2, 0.25) is 5.91 Å². The normalized spacial score (nSPS) is 19.7. The first-order valence-corrected chi connectivity index (χ1v) is 6.21.